The monoisotopic (exact) mass is 234 g/mol. The average molecular weight is 234 g/mol. The predicted molar refractivity (Wildman–Crippen MR) is 75.9 cm³/mol. The summed E-state index contributed by atoms with van der Waals surface area (Å²) in [6, 6.07) is 8.81. The molecular formula is C15H26N2. The van der Waals surface area contributed by atoms with Crippen LogP contribution < -0.4 is 5.73 Å². The maximum absolute atomic E-state index is 5.81. The van der Waals surface area contributed by atoms with Gasteiger partial charge < -0.3 is 5.73 Å². The maximum atomic E-state index is 5.81. The summed E-state index contributed by atoms with van der Waals surface area (Å²) in [5.74, 6) is 0. The molecule has 17 heavy (non-hydrogen) atoms. The highest BCUT2D eigenvalue weighted by molar-refractivity contribution is 5.40. The van der Waals surface area contributed by atoms with Crippen molar-refractivity contribution in [2.24, 2.45) is 0 Å². The first-order chi connectivity index (χ1) is 8.13. The van der Waals surface area contributed by atoms with Gasteiger partial charge in [-0.3, -0.25) is 4.90 Å². The minimum Gasteiger partial charge on any atom is -0.399 e. The summed E-state index contributed by atoms with van der Waals surface area (Å²) in [6.07, 6.45) is 3.89. The molecule has 0 aliphatic carbocycles. The van der Waals surface area contributed by atoms with E-state index in [0.29, 0.717) is 6.04 Å². The van der Waals surface area contributed by atoms with Gasteiger partial charge in [0.05, 0.1) is 0 Å². The van der Waals surface area contributed by atoms with Crippen LogP contribution in [0.5, 0.6) is 0 Å². The van der Waals surface area contributed by atoms with Gasteiger partial charge in [-0.25, -0.2) is 0 Å². The molecule has 0 aliphatic rings. The van der Waals surface area contributed by atoms with Crippen molar-refractivity contribution in [1.29, 1.82) is 0 Å². The minimum atomic E-state index is 0.591. The molecule has 0 saturated carbocycles. The van der Waals surface area contributed by atoms with Crippen LogP contribution in [0.3, 0.4) is 0 Å². The van der Waals surface area contributed by atoms with Crippen LogP contribution in [-0.2, 0) is 6.54 Å². The molecule has 0 spiro atoms. The number of rotatable bonds is 7. The van der Waals surface area contributed by atoms with E-state index in [2.05, 4.69) is 37.8 Å². The van der Waals surface area contributed by atoms with E-state index in [1.165, 1.54) is 31.4 Å². The first-order valence-corrected chi connectivity index (χ1v) is 6.72. The number of hydrogen-bond donors (Lipinski definition) is 1. The van der Waals surface area contributed by atoms with Crippen molar-refractivity contribution in [2.45, 2.75) is 52.6 Å². The topological polar surface area (TPSA) is 29.3 Å². The van der Waals surface area contributed by atoms with Crippen LogP contribution in [0, 0.1) is 0 Å². The smallest absolute Gasteiger partial charge is 0.0317 e. The fraction of sp³-hybridized carbons (Fsp3) is 0.600. The van der Waals surface area contributed by atoms with Crippen molar-refractivity contribution in [3.05, 3.63) is 29.8 Å². The molecule has 1 aromatic carbocycles. The molecule has 0 fully saturated rings. The van der Waals surface area contributed by atoms with Gasteiger partial charge in [-0.1, -0.05) is 31.9 Å². The Labute approximate surface area is 106 Å². The molecule has 0 bridgehead atoms. The number of nitrogen functional groups attached to an aromatic ring is 1. The zero-order valence-electron chi connectivity index (χ0n) is 11.4. The predicted octanol–water partition coefficient (Wildman–Crippen LogP) is 3.67. The standard InChI is InChI=1S/C15H26N2/c1-4-5-6-10-17(13(2)3)12-14-8-7-9-15(16)11-14/h7-9,11,13H,4-6,10,12,16H2,1-3H3. The Morgan fingerprint density at radius 1 is 1.24 bits per heavy atom. The second-order valence-electron chi connectivity index (χ2n) is 5.02. The average Bonchev–Trinajstić information content (AvgIpc) is 2.28. The SMILES string of the molecule is CCCCCN(Cc1cccc(N)c1)C(C)C. The normalized spacial score (nSPS) is 11.4. The summed E-state index contributed by atoms with van der Waals surface area (Å²) >= 11 is 0. The number of nitrogens with zero attached hydrogens (tertiary/aromatic N) is 1. The van der Waals surface area contributed by atoms with Crippen LogP contribution in [0.15, 0.2) is 24.3 Å². The van der Waals surface area contributed by atoms with Crippen molar-refractivity contribution >= 4 is 5.69 Å². The lowest BCUT2D eigenvalue weighted by molar-refractivity contribution is 0.208. The molecule has 0 aliphatic heterocycles. The van der Waals surface area contributed by atoms with Crippen molar-refractivity contribution < 1.29 is 0 Å². The first kappa shape index (κ1) is 14.0. The van der Waals surface area contributed by atoms with Crippen LogP contribution in [0.25, 0.3) is 0 Å². The summed E-state index contributed by atoms with van der Waals surface area (Å²) in [5, 5.41) is 0. The first-order valence-electron chi connectivity index (χ1n) is 6.72. The van der Waals surface area contributed by atoms with E-state index >= 15 is 0 Å². The largest absolute Gasteiger partial charge is 0.399 e. The Morgan fingerprint density at radius 2 is 2.00 bits per heavy atom. The van der Waals surface area contributed by atoms with E-state index in [1.807, 2.05) is 12.1 Å². The van der Waals surface area contributed by atoms with E-state index in [9.17, 15) is 0 Å². The third kappa shape index (κ3) is 5.22. The molecule has 2 nitrogen and oxygen atoms in total. The van der Waals surface area contributed by atoms with Gasteiger partial charge in [-0.2, -0.15) is 0 Å². The zero-order valence-corrected chi connectivity index (χ0v) is 11.4. The van der Waals surface area contributed by atoms with Gasteiger partial charge in [0.15, 0.2) is 0 Å². The van der Waals surface area contributed by atoms with E-state index in [1.54, 1.807) is 0 Å². The summed E-state index contributed by atoms with van der Waals surface area (Å²) in [5.41, 5.74) is 7.99. The number of benzene rings is 1. The molecule has 0 atom stereocenters. The van der Waals surface area contributed by atoms with Gasteiger partial charge >= 0.3 is 0 Å². The Bertz CT molecular complexity index is 320. The number of hydrogen-bond acceptors (Lipinski definition) is 2. The fourth-order valence-corrected chi connectivity index (χ4v) is 2.01. The lowest BCUT2D eigenvalue weighted by Gasteiger charge is -2.26. The molecule has 1 rings (SSSR count). The van der Waals surface area contributed by atoms with Gasteiger partial charge in [-0.15, -0.1) is 0 Å². The van der Waals surface area contributed by atoms with Crippen molar-refractivity contribution in [3.63, 3.8) is 0 Å². The molecule has 2 N–H and O–H groups in total. The van der Waals surface area contributed by atoms with Gasteiger partial charge in [0.25, 0.3) is 0 Å². The third-order valence-electron chi connectivity index (χ3n) is 3.12. The van der Waals surface area contributed by atoms with Crippen LogP contribution in [-0.4, -0.2) is 17.5 Å². The number of anilines is 1. The highest BCUT2D eigenvalue weighted by Gasteiger charge is 2.09. The van der Waals surface area contributed by atoms with E-state index in [-0.39, 0.29) is 0 Å². The lowest BCUT2D eigenvalue weighted by atomic mass is 10.1. The zero-order chi connectivity index (χ0) is 12.7. The lowest BCUT2D eigenvalue weighted by Crippen LogP contribution is -2.31. The van der Waals surface area contributed by atoms with Crippen LogP contribution in [0.1, 0.15) is 45.6 Å². The summed E-state index contributed by atoms with van der Waals surface area (Å²) in [4.78, 5) is 2.52. The van der Waals surface area contributed by atoms with Gasteiger partial charge in [-0.05, 0) is 44.5 Å². The highest BCUT2D eigenvalue weighted by Crippen LogP contribution is 2.12. The second-order valence-corrected chi connectivity index (χ2v) is 5.02. The molecule has 1 aromatic rings. The molecule has 0 saturated heterocycles. The van der Waals surface area contributed by atoms with Crippen molar-refractivity contribution in [3.8, 4) is 0 Å². The van der Waals surface area contributed by atoms with Crippen LogP contribution >= 0.6 is 0 Å². The molecular weight excluding hydrogens is 208 g/mol. The van der Waals surface area contributed by atoms with E-state index in [0.717, 1.165) is 12.2 Å². The van der Waals surface area contributed by atoms with Crippen LogP contribution in [0.2, 0.25) is 0 Å². The highest BCUT2D eigenvalue weighted by atomic mass is 15.1. The summed E-state index contributed by atoms with van der Waals surface area (Å²) < 4.78 is 0. The molecule has 0 heterocycles. The molecule has 0 aromatic heterocycles. The molecule has 0 amide bonds. The fourth-order valence-electron chi connectivity index (χ4n) is 2.01. The van der Waals surface area contributed by atoms with Gasteiger partial charge in [0, 0.05) is 18.3 Å². The second kappa shape index (κ2) is 7.33. The molecule has 0 unspecified atom stereocenters. The van der Waals surface area contributed by atoms with Gasteiger partial charge in [0.1, 0.15) is 0 Å². The third-order valence-corrected chi connectivity index (χ3v) is 3.12. The van der Waals surface area contributed by atoms with E-state index < -0.39 is 0 Å². The van der Waals surface area contributed by atoms with Crippen LogP contribution in [0.4, 0.5) is 5.69 Å². The Morgan fingerprint density at radius 3 is 2.59 bits per heavy atom. The van der Waals surface area contributed by atoms with E-state index in [4.69, 9.17) is 5.73 Å². The molecule has 96 valence electrons. The minimum absolute atomic E-state index is 0.591. The molecule has 2 heteroatoms. The number of unbranched alkanes of at least 4 members (excludes halogenated alkanes) is 2. The van der Waals surface area contributed by atoms with Crippen molar-refractivity contribution in [1.82, 2.24) is 4.90 Å². The summed E-state index contributed by atoms with van der Waals surface area (Å²) in [6.45, 7) is 8.96. The number of nitrogens with two attached hydrogens (primary N) is 1. The molecule has 0 radical (unpaired) electrons. The van der Waals surface area contributed by atoms with Gasteiger partial charge in [0.2, 0.25) is 0 Å². The van der Waals surface area contributed by atoms with Crippen molar-refractivity contribution in [2.75, 3.05) is 12.3 Å². The maximum Gasteiger partial charge on any atom is 0.0317 e. The Hall–Kier alpha value is -1.02. The quantitative estimate of drug-likeness (QED) is 0.576. The Balaban J connectivity index is 2.54. The summed E-state index contributed by atoms with van der Waals surface area (Å²) in [7, 11) is 0. The Kier molecular flexibility index (Phi) is 6.06.